The molecule has 0 spiro atoms. The first-order chi connectivity index (χ1) is 15.2. The number of hydrogen-bond donors (Lipinski definition) is 2. The minimum atomic E-state index is -1.92. The van der Waals surface area contributed by atoms with Crippen molar-refractivity contribution in [2.24, 2.45) is 0 Å². The lowest BCUT2D eigenvalue weighted by Crippen LogP contribution is -2.42. The fraction of sp³-hybridized carbons (Fsp3) is 0.375. The second-order valence-corrected chi connectivity index (χ2v) is 9.05. The molecule has 2 aliphatic heterocycles. The van der Waals surface area contributed by atoms with Crippen LogP contribution in [0.2, 0.25) is 0 Å². The first-order valence-corrected chi connectivity index (χ1v) is 10.7. The summed E-state index contributed by atoms with van der Waals surface area (Å²) in [4.78, 5) is 30.3. The van der Waals surface area contributed by atoms with E-state index in [4.69, 9.17) is 9.72 Å². The highest BCUT2D eigenvalue weighted by molar-refractivity contribution is 5.93. The monoisotopic (exact) mass is 435 g/mol. The van der Waals surface area contributed by atoms with Gasteiger partial charge in [-0.15, -0.1) is 0 Å². The van der Waals surface area contributed by atoms with Crippen LogP contribution in [-0.4, -0.2) is 27.7 Å². The van der Waals surface area contributed by atoms with Crippen LogP contribution in [0.4, 0.5) is 4.39 Å². The average Bonchev–Trinajstić information content (AvgIpc) is 3.14. The van der Waals surface area contributed by atoms with Crippen LogP contribution in [0.25, 0.3) is 22.3 Å². The van der Waals surface area contributed by atoms with Crippen LogP contribution >= 0.6 is 0 Å². The molecule has 3 aromatic rings. The van der Waals surface area contributed by atoms with Crippen molar-refractivity contribution >= 4 is 16.9 Å². The first kappa shape index (κ1) is 19.6. The molecule has 4 heterocycles. The van der Waals surface area contributed by atoms with Crippen molar-refractivity contribution in [1.29, 1.82) is 0 Å². The van der Waals surface area contributed by atoms with Crippen LogP contribution in [-0.2, 0) is 34.7 Å². The molecule has 2 aromatic heterocycles. The molecule has 2 unspecified atom stereocenters. The van der Waals surface area contributed by atoms with Crippen molar-refractivity contribution in [3.05, 3.63) is 61.7 Å². The van der Waals surface area contributed by atoms with Gasteiger partial charge in [-0.05, 0) is 56.5 Å². The van der Waals surface area contributed by atoms with Crippen molar-refractivity contribution in [1.82, 2.24) is 14.9 Å². The highest BCUT2D eigenvalue weighted by Gasteiger charge is 2.43. The third kappa shape index (κ3) is 2.28. The Hall–Kier alpha value is -3.10. The van der Waals surface area contributed by atoms with E-state index in [0.717, 1.165) is 34.9 Å². The molecule has 2 N–H and O–H groups in total. The molecule has 0 saturated heterocycles. The molecule has 0 fully saturated rings. The maximum Gasteiger partial charge on any atom is 0.342 e. The Bertz CT molecular complexity index is 1440. The van der Waals surface area contributed by atoms with Gasteiger partial charge in [-0.2, -0.15) is 0 Å². The number of aliphatic hydroxyl groups is 1. The molecule has 1 aliphatic carbocycles. The van der Waals surface area contributed by atoms with Gasteiger partial charge < -0.3 is 19.7 Å². The molecule has 7 nitrogen and oxygen atoms in total. The van der Waals surface area contributed by atoms with E-state index < -0.39 is 11.6 Å². The minimum absolute atomic E-state index is 0.0549. The molecule has 32 heavy (non-hydrogen) atoms. The van der Waals surface area contributed by atoms with Gasteiger partial charge in [0.1, 0.15) is 12.4 Å². The van der Waals surface area contributed by atoms with Gasteiger partial charge in [-0.1, -0.05) is 0 Å². The van der Waals surface area contributed by atoms with E-state index in [1.807, 2.05) is 7.05 Å². The lowest BCUT2D eigenvalue weighted by Gasteiger charge is -2.29. The summed E-state index contributed by atoms with van der Waals surface area (Å²) in [5, 5.41) is 15.1. The second kappa shape index (κ2) is 6.24. The molecule has 0 bridgehead atoms. The van der Waals surface area contributed by atoms with E-state index in [1.165, 1.54) is 13.0 Å². The normalized spacial score (nSPS) is 23.0. The van der Waals surface area contributed by atoms with Crippen molar-refractivity contribution < 1.29 is 19.0 Å². The zero-order valence-electron chi connectivity index (χ0n) is 18.0. The Kier molecular flexibility index (Phi) is 3.81. The van der Waals surface area contributed by atoms with Crippen LogP contribution in [0.5, 0.6) is 0 Å². The molecule has 8 heteroatoms. The number of carbonyl (C=O) groups excluding carboxylic acids is 1. The number of nitrogens with zero attached hydrogens (tertiary/aromatic N) is 2. The average molecular weight is 435 g/mol. The van der Waals surface area contributed by atoms with E-state index in [9.17, 15) is 19.1 Å². The van der Waals surface area contributed by atoms with Crippen LogP contribution < -0.4 is 10.9 Å². The van der Waals surface area contributed by atoms with E-state index in [-0.39, 0.29) is 35.2 Å². The van der Waals surface area contributed by atoms with Gasteiger partial charge in [0.05, 0.1) is 29.0 Å². The van der Waals surface area contributed by atoms with Crippen molar-refractivity contribution in [2.45, 2.75) is 51.5 Å². The largest absolute Gasteiger partial charge is 0.458 e. The highest BCUT2D eigenvalue weighted by Crippen LogP contribution is 2.45. The molecule has 3 aliphatic rings. The number of aryl methyl sites for hydroxylation is 1. The fourth-order valence-corrected chi connectivity index (χ4v) is 5.60. The predicted octanol–water partition coefficient (Wildman–Crippen LogP) is 2.34. The van der Waals surface area contributed by atoms with Gasteiger partial charge in [0.2, 0.25) is 0 Å². The number of hydrogen-bond acceptors (Lipinski definition) is 6. The third-order valence-corrected chi connectivity index (χ3v) is 7.35. The molecule has 2 atom stereocenters. The standard InChI is InChI=1S/C24H22FN3O4/c1-10-11-4-5-16(26-3)20-12-8-28-18(21(12)27-17(19(11)20)7-15(10)25)6-14-13(22(28)29)9-32-23(30)24(14,2)31/h6-7,16,26,31H,4-5,8-9H2,1-3H3. The van der Waals surface area contributed by atoms with Crippen LogP contribution in [0.3, 0.4) is 0 Å². The van der Waals surface area contributed by atoms with E-state index >= 15 is 0 Å². The SMILES string of the molecule is CNC1CCc2c(C)c(F)cc3nc4c(c1c23)Cn1c-4cc2c(c1=O)COC(=O)C2(C)O. The van der Waals surface area contributed by atoms with E-state index in [2.05, 4.69) is 5.32 Å². The topological polar surface area (TPSA) is 93.5 Å². The molecule has 0 amide bonds. The second-order valence-electron chi connectivity index (χ2n) is 9.05. The van der Waals surface area contributed by atoms with Gasteiger partial charge in [-0.25, -0.2) is 14.2 Å². The Morgan fingerprint density at radius 3 is 2.81 bits per heavy atom. The zero-order valence-corrected chi connectivity index (χ0v) is 18.0. The molecule has 0 radical (unpaired) electrons. The summed E-state index contributed by atoms with van der Waals surface area (Å²) >= 11 is 0. The molecular weight excluding hydrogens is 413 g/mol. The van der Waals surface area contributed by atoms with Crippen molar-refractivity contribution in [3.63, 3.8) is 0 Å². The number of pyridine rings is 2. The number of cyclic esters (lactones) is 1. The Morgan fingerprint density at radius 2 is 2.06 bits per heavy atom. The Morgan fingerprint density at radius 1 is 1.28 bits per heavy atom. The maximum absolute atomic E-state index is 14.7. The van der Waals surface area contributed by atoms with Crippen LogP contribution in [0.1, 0.15) is 52.8 Å². The Balaban J connectivity index is 1.71. The number of nitrogens with one attached hydrogen (secondary N) is 1. The quantitative estimate of drug-likeness (QED) is 0.446. The van der Waals surface area contributed by atoms with Crippen molar-refractivity contribution in [2.75, 3.05) is 7.05 Å². The molecular formula is C24H22FN3O4. The van der Waals surface area contributed by atoms with Gasteiger partial charge in [0.15, 0.2) is 5.60 Å². The number of aromatic nitrogens is 2. The summed E-state index contributed by atoms with van der Waals surface area (Å²) in [6.07, 6.45) is 1.57. The molecule has 0 saturated carbocycles. The van der Waals surface area contributed by atoms with Crippen LogP contribution in [0, 0.1) is 12.7 Å². The summed E-state index contributed by atoms with van der Waals surface area (Å²) in [6.45, 7) is 3.29. The first-order valence-electron chi connectivity index (χ1n) is 10.7. The maximum atomic E-state index is 14.7. The van der Waals surface area contributed by atoms with Gasteiger partial charge in [0.25, 0.3) is 5.56 Å². The third-order valence-electron chi connectivity index (χ3n) is 7.35. The lowest BCUT2D eigenvalue weighted by atomic mass is 9.82. The van der Waals surface area contributed by atoms with E-state index in [1.54, 1.807) is 17.6 Å². The molecule has 1 aromatic carbocycles. The summed E-state index contributed by atoms with van der Waals surface area (Å²) in [7, 11) is 1.90. The summed E-state index contributed by atoms with van der Waals surface area (Å²) in [5.74, 6) is -1.08. The summed E-state index contributed by atoms with van der Waals surface area (Å²) < 4.78 is 21.4. The number of esters is 1. The zero-order chi connectivity index (χ0) is 22.5. The molecule has 6 rings (SSSR count). The van der Waals surface area contributed by atoms with Crippen LogP contribution in [0.15, 0.2) is 16.9 Å². The van der Waals surface area contributed by atoms with Gasteiger partial charge in [0, 0.05) is 28.6 Å². The summed E-state index contributed by atoms with van der Waals surface area (Å²) in [6, 6.07) is 3.18. The minimum Gasteiger partial charge on any atom is -0.458 e. The highest BCUT2D eigenvalue weighted by atomic mass is 19.1. The smallest absolute Gasteiger partial charge is 0.342 e. The van der Waals surface area contributed by atoms with E-state index in [0.29, 0.717) is 29.0 Å². The van der Waals surface area contributed by atoms with Gasteiger partial charge >= 0.3 is 5.97 Å². The number of ether oxygens (including phenoxy) is 1. The number of halogens is 1. The van der Waals surface area contributed by atoms with Crippen molar-refractivity contribution in [3.8, 4) is 11.4 Å². The lowest BCUT2D eigenvalue weighted by molar-refractivity contribution is -0.169. The summed E-state index contributed by atoms with van der Waals surface area (Å²) in [5.41, 5.74) is 3.57. The predicted molar refractivity (Wildman–Crippen MR) is 115 cm³/mol. The fourth-order valence-electron chi connectivity index (χ4n) is 5.60. The number of fused-ring (bicyclic) bond motifs is 5. The van der Waals surface area contributed by atoms with Gasteiger partial charge in [-0.3, -0.25) is 4.79 Å². The number of rotatable bonds is 1. The molecule has 164 valence electrons. The number of carbonyl (C=O) groups is 1. The number of benzene rings is 1. The Labute approximate surface area is 182 Å².